The van der Waals surface area contributed by atoms with Gasteiger partial charge in [-0.15, -0.1) is 0 Å². The van der Waals surface area contributed by atoms with Crippen molar-refractivity contribution in [2.24, 2.45) is 0 Å². The topological polar surface area (TPSA) is 164 Å². The second-order valence-electron chi connectivity index (χ2n) is 4.09. The molecule has 0 aromatic heterocycles. The Hall–Kier alpha value is -1.25. The minimum atomic E-state index is -4.72. The lowest BCUT2D eigenvalue weighted by Crippen LogP contribution is -2.21. The van der Waals surface area contributed by atoms with E-state index in [0.717, 1.165) is 0 Å². The van der Waals surface area contributed by atoms with Gasteiger partial charge >= 0.3 is 10.4 Å². The van der Waals surface area contributed by atoms with Gasteiger partial charge in [-0.05, 0) is 17.7 Å². The van der Waals surface area contributed by atoms with E-state index >= 15 is 0 Å². The molecule has 1 aromatic rings. The predicted molar refractivity (Wildman–Crippen MR) is 76.6 cm³/mol. The van der Waals surface area contributed by atoms with Crippen LogP contribution in [0.15, 0.2) is 24.3 Å². The van der Waals surface area contributed by atoms with Crippen molar-refractivity contribution in [3.05, 3.63) is 29.8 Å². The van der Waals surface area contributed by atoms with Gasteiger partial charge in [0.25, 0.3) is 10.1 Å². The van der Waals surface area contributed by atoms with Crippen LogP contribution in [0, 0.1) is 0 Å². The van der Waals surface area contributed by atoms with Crippen molar-refractivity contribution in [2.45, 2.75) is 5.75 Å². The Balaban J connectivity index is 2.66. The maximum Gasteiger partial charge on any atom is 0.397 e. The molecule has 0 bridgehead atoms. The van der Waals surface area contributed by atoms with Gasteiger partial charge < -0.3 is 0 Å². The summed E-state index contributed by atoms with van der Waals surface area (Å²) in [5.41, 5.74) is 0.353. The van der Waals surface area contributed by atoms with Gasteiger partial charge in [-0.25, -0.2) is 12.6 Å². The van der Waals surface area contributed by atoms with Crippen LogP contribution in [-0.4, -0.2) is 46.7 Å². The molecule has 0 aliphatic rings. The molecule has 13 heteroatoms. The van der Waals surface area contributed by atoms with E-state index in [9.17, 15) is 25.3 Å². The van der Waals surface area contributed by atoms with Crippen LogP contribution in [0.4, 0.5) is 5.69 Å². The number of anilines is 1. The summed E-state index contributed by atoms with van der Waals surface area (Å²) in [7, 11) is -12.8. The first kappa shape index (κ1) is 18.8. The Bertz CT molecular complexity index is 810. The van der Waals surface area contributed by atoms with Crippen LogP contribution in [0.3, 0.4) is 0 Å². The molecule has 0 amide bonds. The summed E-state index contributed by atoms with van der Waals surface area (Å²) in [6.07, 6.45) is 0. The zero-order valence-electron chi connectivity index (χ0n) is 10.9. The number of benzene rings is 1. The van der Waals surface area contributed by atoms with Gasteiger partial charge in [0.15, 0.2) is 0 Å². The summed E-state index contributed by atoms with van der Waals surface area (Å²) in [6.45, 7) is -0.769. The van der Waals surface area contributed by atoms with Crippen molar-refractivity contribution in [3.8, 4) is 0 Å². The summed E-state index contributed by atoms with van der Waals surface area (Å²) in [6, 6.07) is 5.12. The van der Waals surface area contributed by atoms with Crippen molar-refractivity contribution < 1.29 is 38.5 Å². The largest absolute Gasteiger partial charge is 0.397 e. The third kappa shape index (κ3) is 8.26. The van der Waals surface area contributed by atoms with E-state index in [-0.39, 0.29) is 11.3 Å². The molecule has 1 aromatic carbocycles. The van der Waals surface area contributed by atoms with E-state index in [2.05, 4.69) is 8.91 Å². The van der Waals surface area contributed by atoms with Gasteiger partial charge in [-0.3, -0.25) is 13.8 Å². The van der Waals surface area contributed by atoms with Gasteiger partial charge in [0.2, 0.25) is 10.0 Å². The average molecular weight is 375 g/mol. The smallest absolute Gasteiger partial charge is 0.285 e. The van der Waals surface area contributed by atoms with E-state index in [1.165, 1.54) is 24.3 Å². The molecule has 0 spiro atoms. The fourth-order valence-corrected chi connectivity index (χ4v) is 3.27. The lowest BCUT2D eigenvalue weighted by Gasteiger charge is -2.08. The molecule has 0 atom stereocenters. The molecule has 0 unspecified atom stereocenters. The Morgan fingerprint density at radius 3 is 1.95 bits per heavy atom. The van der Waals surface area contributed by atoms with Crippen molar-refractivity contribution in [1.29, 1.82) is 0 Å². The third-order valence-corrected chi connectivity index (χ3v) is 4.57. The van der Waals surface area contributed by atoms with Crippen LogP contribution in [0.2, 0.25) is 0 Å². The molecular weight excluding hydrogens is 362 g/mol. The van der Waals surface area contributed by atoms with Crippen molar-refractivity contribution >= 4 is 36.2 Å². The van der Waals surface area contributed by atoms with E-state index < -0.39 is 48.7 Å². The Morgan fingerprint density at radius 2 is 1.50 bits per heavy atom. The first-order chi connectivity index (χ1) is 9.86. The summed E-state index contributed by atoms with van der Waals surface area (Å²) >= 11 is 0. The molecule has 0 aliphatic heterocycles. The monoisotopic (exact) mass is 375 g/mol. The SMILES string of the molecule is O=S(=O)(O)Cc1ccc(NS(=O)(=O)CCOS(=O)(=O)O)cc1. The second kappa shape index (κ2) is 6.89. The van der Waals surface area contributed by atoms with E-state index in [4.69, 9.17) is 9.11 Å². The zero-order chi connectivity index (χ0) is 17.0. The van der Waals surface area contributed by atoms with Gasteiger partial charge in [0, 0.05) is 5.69 Å². The van der Waals surface area contributed by atoms with Crippen molar-refractivity contribution in [1.82, 2.24) is 0 Å². The highest BCUT2D eigenvalue weighted by molar-refractivity contribution is 7.92. The summed E-state index contributed by atoms with van der Waals surface area (Å²) < 4.78 is 88.0. The van der Waals surface area contributed by atoms with Crippen LogP contribution >= 0.6 is 0 Å². The summed E-state index contributed by atoms with van der Waals surface area (Å²) in [5.74, 6) is -1.33. The normalized spacial score (nSPS) is 13.0. The quantitative estimate of drug-likeness (QED) is 0.514. The molecule has 22 heavy (non-hydrogen) atoms. The minimum absolute atomic E-state index is 0.103. The standard InChI is InChI=1S/C9H13NO9S3/c11-20(12,6-5-19-22(16,17)18)10-9-3-1-8(2-4-9)7-21(13,14)15/h1-4,10H,5-7H2,(H,13,14,15)(H,16,17,18). The molecule has 0 saturated carbocycles. The summed E-state index contributed by atoms with van der Waals surface area (Å²) in [4.78, 5) is 0. The molecule has 10 nitrogen and oxygen atoms in total. The maximum absolute atomic E-state index is 11.6. The Morgan fingerprint density at radius 1 is 0.955 bits per heavy atom. The molecule has 0 aliphatic carbocycles. The maximum atomic E-state index is 11.6. The molecule has 1 rings (SSSR count). The number of sulfonamides is 1. The van der Waals surface area contributed by atoms with Gasteiger partial charge in [-0.2, -0.15) is 16.8 Å². The number of hydrogen-bond donors (Lipinski definition) is 3. The Labute approximate surface area is 127 Å². The van der Waals surface area contributed by atoms with Gasteiger partial charge in [0.1, 0.15) is 5.75 Å². The van der Waals surface area contributed by atoms with Crippen LogP contribution < -0.4 is 4.72 Å². The fraction of sp³-hybridized carbons (Fsp3) is 0.333. The number of nitrogens with one attached hydrogen (secondary N) is 1. The van der Waals surface area contributed by atoms with Gasteiger partial charge in [-0.1, -0.05) is 12.1 Å². The molecular formula is C9H13NO9S3. The molecule has 0 radical (unpaired) electrons. The first-order valence-electron chi connectivity index (χ1n) is 5.53. The fourth-order valence-electron chi connectivity index (χ4n) is 1.36. The second-order valence-corrected chi connectivity index (χ2v) is 8.48. The van der Waals surface area contributed by atoms with Gasteiger partial charge in [0.05, 0.1) is 12.4 Å². The van der Waals surface area contributed by atoms with Crippen LogP contribution in [0.5, 0.6) is 0 Å². The van der Waals surface area contributed by atoms with Crippen molar-refractivity contribution in [2.75, 3.05) is 17.1 Å². The average Bonchev–Trinajstić information content (AvgIpc) is 2.27. The van der Waals surface area contributed by atoms with Crippen LogP contribution in [-0.2, 0) is 40.5 Å². The highest BCUT2D eigenvalue weighted by Crippen LogP contribution is 2.13. The van der Waals surface area contributed by atoms with Crippen LogP contribution in [0.1, 0.15) is 5.56 Å². The predicted octanol–water partition coefficient (Wildman–Crippen LogP) is -0.364. The van der Waals surface area contributed by atoms with E-state index in [0.29, 0.717) is 0 Å². The number of rotatable bonds is 8. The van der Waals surface area contributed by atoms with E-state index in [1.54, 1.807) is 0 Å². The molecule has 0 heterocycles. The third-order valence-electron chi connectivity index (χ3n) is 2.16. The van der Waals surface area contributed by atoms with Crippen LogP contribution in [0.25, 0.3) is 0 Å². The lowest BCUT2D eigenvalue weighted by atomic mass is 10.2. The Kier molecular flexibility index (Phi) is 5.89. The molecule has 3 N–H and O–H groups in total. The first-order valence-corrected chi connectivity index (χ1v) is 10.2. The van der Waals surface area contributed by atoms with Crippen molar-refractivity contribution in [3.63, 3.8) is 0 Å². The lowest BCUT2D eigenvalue weighted by molar-refractivity contribution is 0.284. The highest BCUT2D eigenvalue weighted by Gasteiger charge is 2.14. The number of hydrogen-bond acceptors (Lipinski definition) is 7. The van der Waals surface area contributed by atoms with E-state index in [1.807, 2.05) is 0 Å². The molecule has 0 fully saturated rings. The highest BCUT2D eigenvalue weighted by atomic mass is 32.3. The summed E-state index contributed by atoms with van der Waals surface area (Å²) in [5, 5.41) is 0. The molecule has 0 saturated heterocycles. The zero-order valence-corrected chi connectivity index (χ0v) is 13.4. The molecule has 126 valence electrons. The minimum Gasteiger partial charge on any atom is -0.285 e.